The monoisotopic (exact) mass is 444 g/mol. The molecule has 0 radical (unpaired) electrons. The first-order chi connectivity index (χ1) is 12.4. The summed E-state index contributed by atoms with van der Waals surface area (Å²) in [6.07, 6.45) is -2.86. The second kappa shape index (κ2) is 6.36. The Bertz CT molecular complexity index is 1070. The summed E-state index contributed by atoms with van der Waals surface area (Å²) < 4.78 is 43.3. The molecule has 1 N–H and O–H groups in total. The molecule has 3 aromatic heterocycles. The molecule has 0 atom stereocenters. The topological polar surface area (TPSA) is 81.0 Å². The van der Waals surface area contributed by atoms with Gasteiger partial charge in [-0.15, -0.1) is 23.4 Å². The molecule has 0 amide bonds. The molecule has 7 nitrogen and oxygen atoms in total. The number of alkyl halides is 3. The third-order valence-corrected chi connectivity index (χ3v) is 4.87. The lowest BCUT2D eigenvalue weighted by Crippen LogP contribution is -2.17. The van der Waals surface area contributed by atoms with Crippen molar-refractivity contribution < 1.29 is 17.9 Å². The van der Waals surface area contributed by atoms with E-state index < -0.39 is 6.36 Å². The number of benzene rings is 1. The van der Waals surface area contributed by atoms with Gasteiger partial charge in [-0.3, -0.25) is 5.10 Å². The van der Waals surface area contributed by atoms with Gasteiger partial charge in [-0.2, -0.15) is 14.7 Å². The fourth-order valence-corrected chi connectivity index (χ4v) is 3.70. The van der Waals surface area contributed by atoms with Crippen molar-refractivity contribution in [3.05, 3.63) is 46.3 Å². The standard InChI is InChI=1S/C14H8BrF3N6OS/c15-9-6-19-21-11(9)12-23-24-10(20-22-13(24)26-12)5-7-2-1-3-8(4-7)25-14(16,17)18/h1-4,6H,5H2,(H,19,21). The van der Waals surface area contributed by atoms with Crippen molar-refractivity contribution in [2.24, 2.45) is 0 Å². The average molecular weight is 445 g/mol. The van der Waals surface area contributed by atoms with Crippen LogP contribution in [0.5, 0.6) is 5.75 Å². The van der Waals surface area contributed by atoms with Gasteiger partial charge in [0.25, 0.3) is 0 Å². The molecule has 4 aromatic rings. The van der Waals surface area contributed by atoms with Gasteiger partial charge in [0.15, 0.2) is 10.8 Å². The molecule has 26 heavy (non-hydrogen) atoms. The Morgan fingerprint density at radius 3 is 2.85 bits per heavy atom. The van der Waals surface area contributed by atoms with E-state index in [1.165, 1.54) is 29.5 Å². The molecule has 0 aliphatic carbocycles. The number of hydrogen-bond donors (Lipinski definition) is 1. The summed E-state index contributed by atoms with van der Waals surface area (Å²) in [5.41, 5.74) is 1.31. The number of hydrogen-bond acceptors (Lipinski definition) is 6. The van der Waals surface area contributed by atoms with E-state index in [2.05, 4.69) is 46.2 Å². The Hall–Kier alpha value is -2.47. The van der Waals surface area contributed by atoms with Crippen LogP contribution in [-0.2, 0) is 6.42 Å². The number of rotatable bonds is 4. The Morgan fingerprint density at radius 2 is 2.12 bits per heavy atom. The molecule has 0 saturated heterocycles. The van der Waals surface area contributed by atoms with Crippen LogP contribution < -0.4 is 4.74 Å². The Labute approximate surface area is 156 Å². The van der Waals surface area contributed by atoms with E-state index in [0.717, 1.165) is 4.47 Å². The highest BCUT2D eigenvalue weighted by molar-refractivity contribution is 9.10. The van der Waals surface area contributed by atoms with Crippen molar-refractivity contribution in [2.45, 2.75) is 12.8 Å². The van der Waals surface area contributed by atoms with Crippen molar-refractivity contribution in [2.75, 3.05) is 0 Å². The predicted octanol–water partition coefficient (Wildman–Crippen LogP) is 3.83. The molecule has 1 aromatic carbocycles. The van der Waals surface area contributed by atoms with E-state index in [0.29, 0.717) is 27.1 Å². The first-order valence-corrected chi connectivity index (χ1v) is 8.75. The number of nitrogens with one attached hydrogen (secondary N) is 1. The first kappa shape index (κ1) is 17.0. The molecule has 4 rings (SSSR count). The Morgan fingerprint density at radius 1 is 1.27 bits per heavy atom. The number of halogens is 4. The fraction of sp³-hybridized carbons (Fsp3) is 0.143. The summed E-state index contributed by atoms with van der Waals surface area (Å²) in [6.45, 7) is 0. The van der Waals surface area contributed by atoms with Crippen molar-refractivity contribution in [3.8, 4) is 16.5 Å². The van der Waals surface area contributed by atoms with Gasteiger partial charge in [0.05, 0.1) is 10.7 Å². The van der Waals surface area contributed by atoms with Crippen LogP contribution in [0.1, 0.15) is 11.4 Å². The van der Waals surface area contributed by atoms with Crippen molar-refractivity contribution in [1.82, 2.24) is 30.0 Å². The van der Waals surface area contributed by atoms with Crippen LogP contribution in [0.4, 0.5) is 13.2 Å². The smallest absolute Gasteiger partial charge is 0.406 e. The summed E-state index contributed by atoms with van der Waals surface area (Å²) in [4.78, 5) is 0.569. The highest BCUT2D eigenvalue weighted by Crippen LogP contribution is 2.30. The van der Waals surface area contributed by atoms with Crippen LogP contribution in [0, 0.1) is 0 Å². The van der Waals surface area contributed by atoms with Gasteiger partial charge in [0.1, 0.15) is 11.4 Å². The summed E-state index contributed by atoms with van der Waals surface area (Å²) >= 11 is 4.69. The van der Waals surface area contributed by atoms with E-state index in [4.69, 9.17) is 0 Å². The molecule has 3 heterocycles. The van der Waals surface area contributed by atoms with Crippen LogP contribution in [0.2, 0.25) is 0 Å². The number of ether oxygens (including phenoxy) is 1. The SMILES string of the molecule is FC(F)(F)Oc1cccc(Cc2nnc3sc(-c4[nH]ncc4Br)nn23)c1. The van der Waals surface area contributed by atoms with E-state index >= 15 is 0 Å². The van der Waals surface area contributed by atoms with Gasteiger partial charge in [-0.25, -0.2) is 0 Å². The molecule has 0 aliphatic heterocycles. The summed E-state index contributed by atoms with van der Waals surface area (Å²) in [6, 6.07) is 5.73. The van der Waals surface area contributed by atoms with Crippen molar-refractivity contribution >= 4 is 32.2 Å². The average Bonchev–Trinajstić information content (AvgIpc) is 3.23. The molecule has 134 valence electrons. The number of nitrogens with zero attached hydrogens (tertiary/aromatic N) is 5. The van der Waals surface area contributed by atoms with E-state index in [9.17, 15) is 13.2 Å². The summed E-state index contributed by atoms with van der Waals surface area (Å²) in [5, 5.41) is 20.0. The quantitative estimate of drug-likeness (QED) is 0.517. The molecule has 0 spiro atoms. The van der Waals surface area contributed by atoms with Gasteiger partial charge < -0.3 is 4.74 Å². The number of aromatic amines is 1. The maximum Gasteiger partial charge on any atom is 0.573 e. The fourth-order valence-electron chi connectivity index (χ4n) is 2.33. The molecule has 12 heteroatoms. The minimum Gasteiger partial charge on any atom is -0.406 e. The van der Waals surface area contributed by atoms with Gasteiger partial charge >= 0.3 is 6.36 Å². The second-order valence-corrected chi connectivity index (χ2v) is 6.99. The summed E-state index contributed by atoms with van der Waals surface area (Å²) in [5.74, 6) is 0.221. The maximum absolute atomic E-state index is 12.4. The molecular formula is C14H8BrF3N6OS. The first-order valence-electron chi connectivity index (χ1n) is 7.14. The molecular weight excluding hydrogens is 437 g/mol. The van der Waals surface area contributed by atoms with Crippen molar-refractivity contribution in [1.29, 1.82) is 0 Å². The van der Waals surface area contributed by atoms with E-state index in [1.807, 2.05) is 0 Å². The Balaban J connectivity index is 1.63. The predicted molar refractivity (Wildman–Crippen MR) is 89.9 cm³/mol. The van der Waals surface area contributed by atoms with E-state index in [1.54, 1.807) is 16.8 Å². The zero-order valence-electron chi connectivity index (χ0n) is 12.7. The lowest BCUT2D eigenvalue weighted by Gasteiger charge is -2.09. The van der Waals surface area contributed by atoms with Crippen LogP contribution in [0.15, 0.2) is 34.9 Å². The molecule has 0 saturated carbocycles. The Kier molecular flexibility index (Phi) is 4.15. The largest absolute Gasteiger partial charge is 0.573 e. The van der Waals surface area contributed by atoms with Crippen LogP contribution in [0.3, 0.4) is 0 Å². The number of H-pyrrole nitrogens is 1. The number of fused-ring (bicyclic) bond motifs is 1. The second-order valence-electron chi connectivity index (χ2n) is 5.18. The third kappa shape index (κ3) is 3.42. The van der Waals surface area contributed by atoms with Crippen molar-refractivity contribution in [3.63, 3.8) is 0 Å². The third-order valence-electron chi connectivity index (χ3n) is 3.36. The highest BCUT2D eigenvalue weighted by atomic mass is 79.9. The lowest BCUT2D eigenvalue weighted by molar-refractivity contribution is -0.274. The zero-order valence-corrected chi connectivity index (χ0v) is 15.1. The van der Waals surface area contributed by atoms with Gasteiger partial charge in [-0.1, -0.05) is 23.5 Å². The minimum absolute atomic E-state index is 0.254. The van der Waals surface area contributed by atoms with Gasteiger partial charge in [0.2, 0.25) is 4.96 Å². The van der Waals surface area contributed by atoms with Gasteiger partial charge in [0, 0.05) is 6.42 Å². The van der Waals surface area contributed by atoms with Gasteiger partial charge in [-0.05, 0) is 33.6 Å². The summed E-state index contributed by atoms with van der Waals surface area (Å²) in [7, 11) is 0. The molecule has 0 bridgehead atoms. The normalized spacial score (nSPS) is 12.0. The molecule has 0 fully saturated rings. The van der Waals surface area contributed by atoms with Crippen LogP contribution in [0.25, 0.3) is 15.7 Å². The highest BCUT2D eigenvalue weighted by Gasteiger charge is 2.31. The zero-order chi connectivity index (χ0) is 18.3. The number of aromatic nitrogens is 6. The molecule has 0 aliphatic rings. The maximum atomic E-state index is 12.4. The van der Waals surface area contributed by atoms with Crippen LogP contribution in [-0.4, -0.2) is 36.4 Å². The molecule has 0 unspecified atom stereocenters. The van der Waals surface area contributed by atoms with Crippen LogP contribution >= 0.6 is 27.3 Å². The lowest BCUT2D eigenvalue weighted by atomic mass is 10.1. The van der Waals surface area contributed by atoms with E-state index in [-0.39, 0.29) is 12.2 Å². The minimum atomic E-state index is -4.73.